The fourth-order valence-corrected chi connectivity index (χ4v) is 3.57. The number of rotatable bonds is 6. The van der Waals surface area contributed by atoms with Gasteiger partial charge in [-0.1, -0.05) is 44.2 Å². The van der Waals surface area contributed by atoms with Crippen LogP contribution < -0.4 is 10.2 Å². The van der Waals surface area contributed by atoms with E-state index in [2.05, 4.69) is 36.2 Å². The Morgan fingerprint density at radius 2 is 1.63 bits per heavy atom. The molecule has 1 fully saturated rings. The molecule has 2 aromatic carbocycles. The Hall–Kier alpha value is -2.40. The average molecular weight is 369 g/mol. The summed E-state index contributed by atoms with van der Waals surface area (Å²) in [4.78, 5) is 16.9. The summed E-state index contributed by atoms with van der Waals surface area (Å²) in [7, 11) is 0. The lowest BCUT2D eigenvalue weighted by Crippen LogP contribution is -2.51. The highest BCUT2D eigenvalue weighted by atomic mass is 19.1. The molecular formula is C22H28FN3O. The highest BCUT2D eigenvalue weighted by Crippen LogP contribution is 2.22. The van der Waals surface area contributed by atoms with Crippen LogP contribution in [0.5, 0.6) is 0 Å². The summed E-state index contributed by atoms with van der Waals surface area (Å²) in [6.45, 7) is 7.67. The fourth-order valence-electron chi connectivity index (χ4n) is 3.57. The molecule has 1 aliphatic rings. The number of carbonyl (C=O) groups is 1. The monoisotopic (exact) mass is 369 g/mol. The van der Waals surface area contributed by atoms with Crippen molar-refractivity contribution in [3.05, 3.63) is 66.0 Å². The molecule has 5 heteroatoms. The number of piperazine rings is 1. The zero-order valence-electron chi connectivity index (χ0n) is 16.1. The highest BCUT2D eigenvalue weighted by Gasteiger charge is 2.23. The van der Waals surface area contributed by atoms with Crippen molar-refractivity contribution in [2.45, 2.75) is 19.9 Å². The van der Waals surface area contributed by atoms with Crippen molar-refractivity contribution in [1.29, 1.82) is 0 Å². The number of para-hydroxylation sites is 1. The minimum Gasteiger partial charge on any atom is -0.368 e. The number of hydrogen-bond acceptors (Lipinski definition) is 3. The quantitative estimate of drug-likeness (QED) is 0.847. The Balaban J connectivity index is 1.52. The molecule has 1 aliphatic heterocycles. The largest absolute Gasteiger partial charge is 0.368 e. The van der Waals surface area contributed by atoms with Crippen molar-refractivity contribution < 1.29 is 9.18 Å². The third kappa shape index (κ3) is 5.07. The van der Waals surface area contributed by atoms with Gasteiger partial charge in [-0.15, -0.1) is 0 Å². The molecule has 0 aromatic heterocycles. The molecule has 0 unspecified atom stereocenters. The lowest BCUT2D eigenvalue weighted by molar-refractivity contribution is -0.130. The molecule has 144 valence electrons. The number of nitrogens with zero attached hydrogens (tertiary/aromatic N) is 2. The van der Waals surface area contributed by atoms with E-state index < -0.39 is 0 Å². The predicted molar refractivity (Wildman–Crippen MR) is 107 cm³/mol. The van der Waals surface area contributed by atoms with Crippen LogP contribution in [0.2, 0.25) is 0 Å². The lowest BCUT2D eigenvalue weighted by Gasteiger charge is -2.36. The van der Waals surface area contributed by atoms with E-state index in [0.717, 1.165) is 31.7 Å². The summed E-state index contributed by atoms with van der Waals surface area (Å²) in [5.74, 6) is 0.183. The maximum absolute atomic E-state index is 13.2. The van der Waals surface area contributed by atoms with E-state index in [0.29, 0.717) is 12.5 Å². The van der Waals surface area contributed by atoms with E-state index in [1.807, 2.05) is 23.1 Å². The molecule has 3 rings (SSSR count). The molecule has 2 aromatic rings. The van der Waals surface area contributed by atoms with E-state index in [9.17, 15) is 9.18 Å². The van der Waals surface area contributed by atoms with Crippen LogP contribution in [-0.2, 0) is 4.79 Å². The highest BCUT2D eigenvalue weighted by molar-refractivity contribution is 5.78. The van der Waals surface area contributed by atoms with Gasteiger partial charge in [-0.25, -0.2) is 4.39 Å². The van der Waals surface area contributed by atoms with E-state index >= 15 is 0 Å². The number of benzene rings is 2. The average Bonchev–Trinajstić information content (AvgIpc) is 2.70. The molecule has 0 bridgehead atoms. The summed E-state index contributed by atoms with van der Waals surface area (Å²) >= 11 is 0. The minimum absolute atomic E-state index is 0.0279. The Morgan fingerprint density at radius 1 is 1.00 bits per heavy atom. The summed E-state index contributed by atoms with van der Waals surface area (Å²) < 4.78 is 13.2. The van der Waals surface area contributed by atoms with Crippen molar-refractivity contribution >= 4 is 11.6 Å². The molecule has 27 heavy (non-hydrogen) atoms. The molecule has 1 heterocycles. The maximum atomic E-state index is 13.2. The predicted octanol–water partition coefficient (Wildman–Crippen LogP) is 3.46. The van der Waals surface area contributed by atoms with E-state index in [4.69, 9.17) is 0 Å². The van der Waals surface area contributed by atoms with Gasteiger partial charge in [0.2, 0.25) is 5.91 Å². The van der Waals surface area contributed by atoms with Crippen LogP contribution >= 0.6 is 0 Å². The fraction of sp³-hybridized carbons (Fsp3) is 0.409. The second-order valence-electron chi connectivity index (χ2n) is 7.36. The standard InChI is InChI=1S/C22H28FN3O/c1-17(2)22(18-8-10-19(23)11-9-18)24-16-21(27)26-14-12-25(13-15-26)20-6-4-3-5-7-20/h3-11,17,22,24H,12-16H2,1-2H3/t22-/m0/s1. The van der Waals surface area contributed by atoms with Crippen molar-refractivity contribution in [3.63, 3.8) is 0 Å². The van der Waals surface area contributed by atoms with Crippen molar-refractivity contribution in [2.75, 3.05) is 37.6 Å². The summed E-state index contributed by atoms with van der Waals surface area (Å²) in [5.41, 5.74) is 2.21. The molecule has 1 atom stereocenters. The van der Waals surface area contributed by atoms with Gasteiger partial charge in [-0.05, 0) is 35.7 Å². The molecule has 0 spiro atoms. The van der Waals surface area contributed by atoms with Gasteiger partial charge in [0.15, 0.2) is 0 Å². The van der Waals surface area contributed by atoms with Crippen LogP contribution in [0, 0.1) is 11.7 Å². The Bertz CT molecular complexity index is 725. The maximum Gasteiger partial charge on any atom is 0.236 e. The Kier molecular flexibility index (Phi) is 6.45. The molecule has 1 amide bonds. The summed E-state index contributed by atoms with van der Waals surface area (Å²) in [6.07, 6.45) is 0. The van der Waals surface area contributed by atoms with Gasteiger partial charge in [-0.2, -0.15) is 0 Å². The van der Waals surface area contributed by atoms with Gasteiger partial charge in [0.1, 0.15) is 5.82 Å². The van der Waals surface area contributed by atoms with Crippen LogP contribution in [0.25, 0.3) is 0 Å². The van der Waals surface area contributed by atoms with Gasteiger partial charge in [0, 0.05) is 37.9 Å². The Morgan fingerprint density at radius 3 is 2.22 bits per heavy atom. The third-order valence-corrected chi connectivity index (χ3v) is 5.12. The zero-order valence-corrected chi connectivity index (χ0v) is 16.1. The first-order valence-electron chi connectivity index (χ1n) is 9.61. The van der Waals surface area contributed by atoms with Crippen molar-refractivity contribution in [3.8, 4) is 0 Å². The number of carbonyl (C=O) groups excluding carboxylic acids is 1. The van der Waals surface area contributed by atoms with Crippen LogP contribution in [0.15, 0.2) is 54.6 Å². The third-order valence-electron chi connectivity index (χ3n) is 5.12. The number of hydrogen-bond donors (Lipinski definition) is 1. The second kappa shape index (κ2) is 9.00. The van der Waals surface area contributed by atoms with Crippen molar-refractivity contribution in [1.82, 2.24) is 10.2 Å². The molecule has 0 radical (unpaired) electrons. The van der Waals surface area contributed by atoms with Crippen LogP contribution in [0.3, 0.4) is 0 Å². The molecule has 4 nitrogen and oxygen atoms in total. The first-order valence-corrected chi connectivity index (χ1v) is 9.61. The van der Waals surface area contributed by atoms with Gasteiger partial charge < -0.3 is 15.1 Å². The van der Waals surface area contributed by atoms with E-state index in [-0.39, 0.29) is 17.8 Å². The first-order chi connectivity index (χ1) is 13.0. The van der Waals surface area contributed by atoms with Gasteiger partial charge in [0.25, 0.3) is 0 Å². The topological polar surface area (TPSA) is 35.6 Å². The second-order valence-corrected chi connectivity index (χ2v) is 7.36. The summed E-state index contributed by atoms with van der Waals surface area (Å²) in [6, 6.07) is 16.8. The van der Waals surface area contributed by atoms with Gasteiger partial charge in [0.05, 0.1) is 6.54 Å². The van der Waals surface area contributed by atoms with Crippen LogP contribution in [0.1, 0.15) is 25.5 Å². The molecule has 1 N–H and O–H groups in total. The van der Waals surface area contributed by atoms with E-state index in [1.54, 1.807) is 12.1 Å². The normalized spacial score (nSPS) is 15.9. The first kappa shape index (κ1) is 19.4. The molecule has 0 saturated carbocycles. The number of anilines is 1. The zero-order chi connectivity index (χ0) is 19.2. The SMILES string of the molecule is CC(C)[C@H](NCC(=O)N1CCN(c2ccccc2)CC1)c1ccc(F)cc1. The molecule has 1 saturated heterocycles. The van der Waals surface area contributed by atoms with Crippen LogP contribution in [-0.4, -0.2) is 43.5 Å². The van der Waals surface area contributed by atoms with Crippen LogP contribution in [0.4, 0.5) is 10.1 Å². The number of halogens is 1. The van der Waals surface area contributed by atoms with Gasteiger partial charge >= 0.3 is 0 Å². The minimum atomic E-state index is -0.242. The Labute approximate surface area is 161 Å². The summed E-state index contributed by atoms with van der Waals surface area (Å²) in [5, 5.41) is 3.37. The number of amides is 1. The smallest absolute Gasteiger partial charge is 0.236 e. The molecular weight excluding hydrogens is 341 g/mol. The molecule has 0 aliphatic carbocycles. The number of nitrogens with one attached hydrogen (secondary N) is 1. The van der Waals surface area contributed by atoms with Crippen molar-refractivity contribution in [2.24, 2.45) is 5.92 Å². The lowest BCUT2D eigenvalue weighted by atomic mass is 9.96. The van der Waals surface area contributed by atoms with Gasteiger partial charge in [-0.3, -0.25) is 4.79 Å². The van der Waals surface area contributed by atoms with E-state index in [1.165, 1.54) is 17.8 Å².